The fourth-order valence-electron chi connectivity index (χ4n) is 1.83. The highest BCUT2D eigenvalue weighted by atomic mass is 16.1. The van der Waals surface area contributed by atoms with Crippen LogP contribution in [0.2, 0.25) is 0 Å². The first-order chi connectivity index (χ1) is 8.02. The molecule has 0 spiro atoms. The SMILES string of the molecule is CCC(C)C(=O)CN(C)Cc1cccc(C)c1. The maximum absolute atomic E-state index is 11.8. The highest BCUT2D eigenvalue weighted by Gasteiger charge is 2.13. The van der Waals surface area contributed by atoms with Crippen LogP contribution in [0.3, 0.4) is 0 Å². The zero-order chi connectivity index (χ0) is 12.8. The average molecular weight is 233 g/mol. The van der Waals surface area contributed by atoms with Crippen LogP contribution in [0.25, 0.3) is 0 Å². The highest BCUT2D eigenvalue weighted by Crippen LogP contribution is 2.08. The average Bonchev–Trinajstić information content (AvgIpc) is 2.27. The molecule has 0 aliphatic rings. The Hall–Kier alpha value is -1.15. The van der Waals surface area contributed by atoms with Gasteiger partial charge in [-0.3, -0.25) is 9.69 Å². The van der Waals surface area contributed by atoms with Gasteiger partial charge in [-0.15, -0.1) is 0 Å². The molecule has 0 N–H and O–H groups in total. The summed E-state index contributed by atoms with van der Waals surface area (Å²) in [5.41, 5.74) is 2.54. The largest absolute Gasteiger partial charge is 0.298 e. The standard InChI is InChI=1S/C15H23NO/c1-5-13(3)15(17)11-16(4)10-14-8-6-7-12(2)9-14/h6-9,13H,5,10-11H2,1-4H3. The van der Waals surface area contributed by atoms with Gasteiger partial charge in [-0.25, -0.2) is 0 Å². The number of benzene rings is 1. The lowest BCUT2D eigenvalue weighted by Crippen LogP contribution is -2.28. The summed E-state index contributed by atoms with van der Waals surface area (Å²) < 4.78 is 0. The Balaban J connectivity index is 2.50. The number of carbonyl (C=O) groups is 1. The van der Waals surface area contributed by atoms with Crippen molar-refractivity contribution < 1.29 is 4.79 Å². The third-order valence-electron chi connectivity index (χ3n) is 3.12. The molecule has 0 aromatic heterocycles. The normalized spacial score (nSPS) is 12.8. The lowest BCUT2D eigenvalue weighted by Gasteiger charge is -2.18. The van der Waals surface area contributed by atoms with Crippen molar-refractivity contribution in [2.75, 3.05) is 13.6 Å². The predicted molar refractivity (Wildman–Crippen MR) is 72.0 cm³/mol. The molecule has 0 fully saturated rings. The van der Waals surface area contributed by atoms with Gasteiger partial charge in [-0.05, 0) is 26.0 Å². The van der Waals surface area contributed by atoms with E-state index in [0.29, 0.717) is 12.3 Å². The molecule has 0 aliphatic heterocycles. The van der Waals surface area contributed by atoms with E-state index in [1.165, 1.54) is 11.1 Å². The summed E-state index contributed by atoms with van der Waals surface area (Å²) in [6, 6.07) is 8.43. The molecule has 2 heteroatoms. The van der Waals surface area contributed by atoms with Gasteiger partial charge in [0.05, 0.1) is 6.54 Å². The number of likely N-dealkylation sites (N-methyl/N-ethyl adjacent to an activating group) is 1. The smallest absolute Gasteiger partial charge is 0.149 e. The summed E-state index contributed by atoms with van der Waals surface area (Å²) in [4.78, 5) is 13.9. The summed E-state index contributed by atoms with van der Waals surface area (Å²) >= 11 is 0. The second kappa shape index (κ2) is 6.55. The molecule has 1 aromatic rings. The quantitative estimate of drug-likeness (QED) is 0.752. The molecule has 0 radical (unpaired) electrons. The van der Waals surface area contributed by atoms with Crippen molar-refractivity contribution in [3.05, 3.63) is 35.4 Å². The van der Waals surface area contributed by atoms with Crippen molar-refractivity contribution in [2.24, 2.45) is 5.92 Å². The van der Waals surface area contributed by atoms with Gasteiger partial charge < -0.3 is 0 Å². The first-order valence-electron chi connectivity index (χ1n) is 6.29. The maximum Gasteiger partial charge on any atom is 0.149 e. The minimum atomic E-state index is 0.176. The molecule has 17 heavy (non-hydrogen) atoms. The molecule has 0 bridgehead atoms. The minimum absolute atomic E-state index is 0.176. The summed E-state index contributed by atoms with van der Waals surface area (Å²) in [6.07, 6.45) is 0.928. The fraction of sp³-hybridized carbons (Fsp3) is 0.533. The van der Waals surface area contributed by atoms with E-state index in [0.717, 1.165) is 13.0 Å². The van der Waals surface area contributed by atoms with Gasteiger partial charge in [0.1, 0.15) is 5.78 Å². The number of nitrogens with zero attached hydrogens (tertiary/aromatic N) is 1. The van der Waals surface area contributed by atoms with Crippen molar-refractivity contribution in [1.29, 1.82) is 0 Å². The van der Waals surface area contributed by atoms with Crippen LogP contribution >= 0.6 is 0 Å². The van der Waals surface area contributed by atoms with Crippen LogP contribution in [-0.2, 0) is 11.3 Å². The van der Waals surface area contributed by atoms with E-state index in [2.05, 4.69) is 43.0 Å². The van der Waals surface area contributed by atoms with Crippen LogP contribution in [0.15, 0.2) is 24.3 Å². The predicted octanol–water partition coefficient (Wildman–Crippen LogP) is 3.04. The van der Waals surface area contributed by atoms with E-state index in [4.69, 9.17) is 0 Å². The highest BCUT2D eigenvalue weighted by molar-refractivity contribution is 5.82. The molecule has 1 rings (SSSR count). The lowest BCUT2D eigenvalue weighted by molar-refractivity contribution is -0.123. The van der Waals surface area contributed by atoms with Crippen molar-refractivity contribution in [3.63, 3.8) is 0 Å². The van der Waals surface area contributed by atoms with Crippen molar-refractivity contribution >= 4 is 5.78 Å². The van der Waals surface area contributed by atoms with Gasteiger partial charge in [0.15, 0.2) is 0 Å². The third kappa shape index (κ3) is 4.70. The van der Waals surface area contributed by atoms with Gasteiger partial charge in [-0.1, -0.05) is 43.7 Å². The van der Waals surface area contributed by atoms with E-state index in [1.807, 2.05) is 14.0 Å². The summed E-state index contributed by atoms with van der Waals surface area (Å²) in [7, 11) is 2.00. The number of carbonyl (C=O) groups excluding carboxylic acids is 1. The number of hydrogen-bond donors (Lipinski definition) is 0. The number of rotatable bonds is 6. The van der Waals surface area contributed by atoms with E-state index in [-0.39, 0.29) is 5.92 Å². The molecule has 94 valence electrons. The molecule has 2 nitrogen and oxygen atoms in total. The Bertz CT molecular complexity index is 373. The second-order valence-electron chi connectivity index (χ2n) is 4.94. The van der Waals surface area contributed by atoms with Crippen LogP contribution in [0.1, 0.15) is 31.4 Å². The molecule has 0 heterocycles. The summed E-state index contributed by atoms with van der Waals surface area (Å²) in [5.74, 6) is 0.512. The second-order valence-corrected chi connectivity index (χ2v) is 4.94. The first kappa shape index (κ1) is 13.9. The monoisotopic (exact) mass is 233 g/mol. The minimum Gasteiger partial charge on any atom is -0.298 e. The van der Waals surface area contributed by atoms with Gasteiger partial charge in [0.2, 0.25) is 0 Å². The molecule has 0 saturated heterocycles. The van der Waals surface area contributed by atoms with Crippen LogP contribution in [0, 0.1) is 12.8 Å². The molecular weight excluding hydrogens is 210 g/mol. The first-order valence-corrected chi connectivity index (χ1v) is 6.29. The van der Waals surface area contributed by atoms with E-state index in [1.54, 1.807) is 0 Å². The number of ketones is 1. The van der Waals surface area contributed by atoms with Gasteiger partial charge in [0, 0.05) is 12.5 Å². The molecule has 0 aliphatic carbocycles. The summed E-state index contributed by atoms with van der Waals surface area (Å²) in [6.45, 7) is 7.53. The number of hydrogen-bond acceptors (Lipinski definition) is 2. The molecule has 0 saturated carbocycles. The van der Waals surface area contributed by atoms with Crippen molar-refractivity contribution in [1.82, 2.24) is 4.90 Å². The molecular formula is C15H23NO. The Morgan fingerprint density at radius 1 is 1.41 bits per heavy atom. The van der Waals surface area contributed by atoms with Crippen LogP contribution in [0.5, 0.6) is 0 Å². The third-order valence-corrected chi connectivity index (χ3v) is 3.12. The van der Waals surface area contributed by atoms with Crippen LogP contribution < -0.4 is 0 Å². The molecule has 1 atom stereocenters. The van der Waals surface area contributed by atoms with E-state index in [9.17, 15) is 4.79 Å². The van der Waals surface area contributed by atoms with Crippen molar-refractivity contribution in [3.8, 4) is 0 Å². The lowest BCUT2D eigenvalue weighted by atomic mass is 10.0. The van der Waals surface area contributed by atoms with Crippen LogP contribution in [-0.4, -0.2) is 24.3 Å². The molecule has 0 amide bonds. The van der Waals surface area contributed by atoms with Gasteiger partial charge >= 0.3 is 0 Å². The zero-order valence-corrected chi connectivity index (χ0v) is 11.4. The van der Waals surface area contributed by atoms with E-state index >= 15 is 0 Å². The topological polar surface area (TPSA) is 20.3 Å². The van der Waals surface area contributed by atoms with E-state index < -0.39 is 0 Å². The summed E-state index contributed by atoms with van der Waals surface area (Å²) in [5, 5.41) is 0. The van der Waals surface area contributed by atoms with Crippen LogP contribution in [0.4, 0.5) is 0 Å². The Morgan fingerprint density at radius 2 is 2.12 bits per heavy atom. The van der Waals surface area contributed by atoms with Gasteiger partial charge in [0.25, 0.3) is 0 Å². The molecule has 1 unspecified atom stereocenters. The Morgan fingerprint density at radius 3 is 2.71 bits per heavy atom. The zero-order valence-electron chi connectivity index (χ0n) is 11.4. The Kier molecular flexibility index (Phi) is 5.36. The Labute approximate surface area is 105 Å². The maximum atomic E-state index is 11.8. The van der Waals surface area contributed by atoms with Crippen molar-refractivity contribution in [2.45, 2.75) is 33.7 Å². The van der Waals surface area contributed by atoms with Gasteiger partial charge in [-0.2, -0.15) is 0 Å². The molecule has 1 aromatic carbocycles. The number of aryl methyl sites for hydroxylation is 1. The fourth-order valence-corrected chi connectivity index (χ4v) is 1.83. The number of Topliss-reactive ketones (excluding diaryl/α,β-unsaturated/α-hetero) is 1.